The van der Waals surface area contributed by atoms with Crippen LogP contribution in [0.25, 0.3) is 0 Å². The molecule has 0 aromatic carbocycles. The third-order valence-electron chi connectivity index (χ3n) is 1.22. The predicted molar refractivity (Wildman–Crippen MR) is 31.6 cm³/mol. The monoisotopic (exact) mass is 121 g/mol. The SMILES string of the molecule is O=C1CCNCC1F.[HH].[HH]. The van der Waals surface area contributed by atoms with Crippen LogP contribution in [-0.2, 0) is 4.79 Å². The Hall–Kier alpha value is -0.440. The van der Waals surface area contributed by atoms with E-state index in [0.717, 1.165) is 0 Å². The number of nitrogens with one attached hydrogen (secondary N) is 1. The third-order valence-corrected chi connectivity index (χ3v) is 1.22. The molecule has 0 aromatic heterocycles. The molecule has 1 rings (SSSR count). The molecule has 1 atom stereocenters. The number of piperidine rings is 1. The van der Waals surface area contributed by atoms with Gasteiger partial charge in [0.25, 0.3) is 0 Å². The Bertz CT molecular complexity index is 112. The van der Waals surface area contributed by atoms with E-state index in [2.05, 4.69) is 5.32 Å². The van der Waals surface area contributed by atoms with Crippen LogP contribution in [0.4, 0.5) is 4.39 Å². The van der Waals surface area contributed by atoms with Crippen molar-refractivity contribution in [2.24, 2.45) is 0 Å². The van der Waals surface area contributed by atoms with E-state index < -0.39 is 6.17 Å². The molecular weight excluding hydrogens is 109 g/mol. The van der Waals surface area contributed by atoms with E-state index in [1.54, 1.807) is 0 Å². The maximum Gasteiger partial charge on any atom is 0.170 e. The Labute approximate surface area is 50.0 Å². The highest BCUT2D eigenvalue weighted by atomic mass is 19.1. The van der Waals surface area contributed by atoms with E-state index in [1.807, 2.05) is 0 Å². The summed E-state index contributed by atoms with van der Waals surface area (Å²) in [5.41, 5.74) is 0. The van der Waals surface area contributed by atoms with Gasteiger partial charge in [-0.1, -0.05) is 0 Å². The van der Waals surface area contributed by atoms with Crippen LogP contribution in [0, 0.1) is 0 Å². The molecule has 3 heteroatoms. The van der Waals surface area contributed by atoms with Crippen LogP contribution < -0.4 is 5.32 Å². The standard InChI is InChI=1S/C5H8FNO.2H2/c6-4-3-7-2-1-5(4)8;;/h4,7H,1-3H2;2*1H. The molecule has 0 spiro atoms. The van der Waals surface area contributed by atoms with E-state index in [-0.39, 0.29) is 15.2 Å². The Morgan fingerprint density at radius 3 is 3.00 bits per heavy atom. The summed E-state index contributed by atoms with van der Waals surface area (Å²) in [4.78, 5) is 10.4. The van der Waals surface area contributed by atoms with Crippen LogP contribution in [-0.4, -0.2) is 25.0 Å². The summed E-state index contributed by atoms with van der Waals surface area (Å²) in [7, 11) is 0. The Morgan fingerprint density at radius 1 is 1.88 bits per heavy atom. The van der Waals surface area contributed by atoms with Gasteiger partial charge in [-0.15, -0.1) is 0 Å². The van der Waals surface area contributed by atoms with Gasteiger partial charge in [-0.3, -0.25) is 4.79 Å². The van der Waals surface area contributed by atoms with Crippen molar-refractivity contribution in [2.75, 3.05) is 13.1 Å². The smallest absolute Gasteiger partial charge is 0.170 e. The third kappa shape index (κ3) is 1.04. The zero-order chi connectivity index (χ0) is 5.98. The molecule has 0 amide bonds. The first-order valence-corrected chi connectivity index (χ1v) is 2.68. The fourth-order valence-electron chi connectivity index (χ4n) is 0.711. The summed E-state index contributed by atoms with van der Waals surface area (Å²) in [6, 6.07) is 0. The van der Waals surface area contributed by atoms with Gasteiger partial charge in [0.2, 0.25) is 0 Å². The van der Waals surface area contributed by atoms with Crippen LogP contribution >= 0.6 is 0 Å². The molecule has 0 radical (unpaired) electrons. The lowest BCUT2D eigenvalue weighted by atomic mass is 10.1. The fourth-order valence-corrected chi connectivity index (χ4v) is 0.711. The normalized spacial score (nSPS) is 30.6. The van der Waals surface area contributed by atoms with E-state index >= 15 is 0 Å². The fraction of sp³-hybridized carbons (Fsp3) is 0.800. The topological polar surface area (TPSA) is 29.1 Å². The zero-order valence-corrected chi connectivity index (χ0v) is 4.48. The molecule has 1 saturated heterocycles. The van der Waals surface area contributed by atoms with Gasteiger partial charge in [0.05, 0.1) is 0 Å². The lowest BCUT2D eigenvalue weighted by Gasteiger charge is -2.13. The number of rotatable bonds is 0. The zero-order valence-electron chi connectivity index (χ0n) is 4.48. The van der Waals surface area contributed by atoms with Gasteiger partial charge in [0, 0.05) is 22.4 Å². The summed E-state index contributed by atoms with van der Waals surface area (Å²) in [5.74, 6) is -0.260. The number of carbonyl (C=O) groups excluding carboxylic acids is 1. The van der Waals surface area contributed by atoms with Crippen molar-refractivity contribution >= 4 is 5.78 Å². The minimum Gasteiger partial charge on any atom is -0.313 e. The lowest BCUT2D eigenvalue weighted by molar-refractivity contribution is -0.124. The van der Waals surface area contributed by atoms with Gasteiger partial charge < -0.3 is 5.32 Å². The van der Waals surface area contributed by atoms with Crippen molar-refractivity contribution in [3.63, 3.8) is 0 Å². The van der Waals surface area contributed by atoms with Gasteiger partial charge in [-0.25, -0.2) is 4.39 Å². The van der Waals surface area contributed by atoms with Crippen molar-refractivity contribution in [1.29, 1.82) is 0 Å². The summed E-state index contributed by atoms with van der Waals surface area (Å²) < 4.78 is 12.2. The highest BCUT2D eigenvalue weighted by molar-refractivity contribution is 5.84. The van der Waals surface area contributed by atoms with Crippen LogP contribution in [0.15, 0.2) is 0 Å². The minimum absolute atomic E-state index is 0. The lowest BCUT2D eigenvalue weighted by Crippen LogP contribution is -2.38. The molecule has 1 N–H and O–H groups in total. The summed E-state index contributed by atoms with van der Waals surface area (Å²) in [6.45, 7) is 0.845. The number of Topliss-reactive ketones (excluding diaryl/α,β-unsaturated/α-hetero) is 1. The van der Waals surface area contributed by atoms with E-state index in [1.165, 1.54) is 0 Å². The summed E-state index contributed by atoms with van der Waals surface area (Å²) in [5, 5.41) is 2.77. The second-order valence-electron chi connectivity index (χ2n) is 1.89. The van der Waals surface area contributed by atoms with Gasteiger partial charge in [-0.05, 0) is 0 Å². The van der Waals surface area contributed by atoms with Gasteiger partial charge in [0.1, 0.15) is 0 Å². The largest absolute Gasteiger partial charge is 0.313 e. The van der Waals surface area contributed by atoms with Gasteiger partial charge in [-0.2, -0.15) is 0 Å². The molecule has 50 valence electrons. The van der Waals surface area contributed by atoms with Crippen molar-refractivity contribution in [3.8, 4) is 0 Å². The van der Waals surface area contributed by atoms with Crippen molar-refractivity contribution in [1.82, 2.24) is 5.32 Å². The first kappa shape index (κ1) is 5.69. The van der Waals surface area contributed by atoms with Crippen LogP contribution in [0.5, 0.6) is 0 Å². The molecule has 0 aromatic rings. The molecule has 1 heterocycles. The number of halogens is 1. The highest BCUT2D eigenvalue weighted by Crippen LogP contribution is 1.99. The predicted octanol–water partition coefficient (Wildman–Crippen LogP) is 0.379. The minimum atomic E-state index is -1.25. The van der Waals surface area contributed by atoms with E-state index in [0.29, 0.717) is 13.0 Å². The molecule has 1 aliphatic heterocycles. The summed E-state index contributed by atoms with van der Waals surface area (Å²) in [6.07, 6.45) is -0.898. The molecule has 1 aliphatic rings. The highest BCUT2D eigenvalue weighted by Gasteiger charge is 2.19. The van der Waals surface area contributed by atoms with Crippen molar-refractivity contribution in [3.05, 3.63) is 0 Å². The first-order chi connectivity index (χ1) is 3.80. The van der Waals surface area contributed by atoms with Crippen molar-refractivity contribution < 1.29 is 12.0 Å². The maximum absolute atomic E-state index is 12.2. The average Bonchev–Trinajstić information content (AvgIpc) is 1.77. The molecule has 2 nitrogen and oxygen atoms in total. The Balaban J connectivity index is 0. The molecule has 1 unspecified atom stereocenters. The molecular formula is C5H12FNO. The first-order valence-electron chi connectivity index (χ1n) is 2.68. The van der Waals surface area contributed by atoms with Crippen LogP contribution in [0.1, 0.15) is 9.27 Å². The second kappa shape index (κ2) is 2.22. The number of ketones is 1. The molecule has 1 fully saturated rings. The van der Waals surface area contributed by atoms with E-state index in [4.69, 9.17) is 0 Å². The van der Waals surface area contributed by atoms with Crippen LogP contribution in [0.2, 0.25) is 0 Å². The number of hydrogen-bond acceptors (Lipinski definition) is 2. The average molecular weight is 121 g/mol. The van der Waals surface area contributed by atoms with Gasteiger partial charge >= 0.3 is 0 Å². The summed E-state index contributed by atoms with van der Waals surface area (Å²) >= 11 is 0. The Morgan fingerprint density at radius 2 is 2.62 bits per heavy atom. The number of alkyl halides is 1. The molecule has 0 bridgehead atoms. The van der Waals surface area contributed by atoms with Gasteiger partial charge in [0.15, 0.2) is 12.0 Å². The molecule has 8 heavy (non-hydrogen) atoms. The maximum atomic E-state index is 12.2. The second-order valence-corrected chi connectivity index (χ2v) is 1.89. The molecule has 0 saturated carbocycles. The Kier molecular flexibility index (Phi) is 1.58. The molecule has 0 aliphatic carbocycles. The number of carbonyl (C=O) groups is 1. The quantitative estimate of drug-likeness (QED) is 0.502. The van der Waals surface area contributed by atoms with Crippen molar-refractivity contribution in [2.45, 2.75) is 12.6 Å². The van der Waals surface area contributed by atoms with Crippen LogP contribution in [0.3, 0.4) is 0 Å². The van der Waals surface area contributed by atoms with E-state index in [9.17, 15) is 9.18 Å². The number of hydrogen-bond donors (Lipinski definition) is 1.